The molecule has 2 aromatic rings. The number of likely N-dealkylation sites (tertiary alicyclic amines) is 1. The quantitative estimate of drug-likeness (QED) is 0.718. The van der Waals surface area contributed by atoms with Gasteiger partial charge in [-0.15, -0.1) is 0 Å². The minimum absolute atomic E-state index is 0.180. The van der Waals surface area contributed by atoms with Crippen LogP contribution in [0.25, 0.3) is 0 Å². The molecule has 0 aromatic heterocycles. The van der Waals surface area contributed by atoms with Crippen molar-refractivity contribution in [3.8, 4) is 0 Å². The lowest BCUT2D eigenvalue weighted by Crippen LogP contribution is -2.59. The number of rotatable bonds is 5. The molecule has 0 N–H and O–H groups in total. The van der Waals surface area contributed by atoms with Crippen molar-refractivity contribution in [2.75, 3.05) is 13.1 Å². The predicted octanol–water partition coefficient (Wildman–Crippen LogP) is 5.04. The summed E-state index contributed by atoms with van der Waals surface area (Å²) in [5.74, 6) is 0. The van der Waals surface area contributed by atoms with Gasteiger partial charge < -0.3 is 9.64 Å². The number of halogens is 1. The Balaban J connectivity index is 1.52. The number of ether oxygens (including phenoxy) is 1. The molecule has 24 heavy (non-hydrogen) atoms. The summed E-state index contributed by atoms with van der Waals surface area (Å²) in [4.78, 5) is 14.0. The van der Waals surface area contributed by atoms with Gasteiger partial charge in [0.15, 0.2) is 0 Å². The van der Waals surface area contributed by atoms with Crippen LogP contribution in [-0.2, 0) is 17.8 Å². The van der Waals surface area contributed by atoms with Gasteiger partial charge in [-0.05, 0) is 36.1 Å². The summed E-state index contributed by atoms with van der Waals surface area (Å²) in [6.45, 7) is 4.08. The van der Waals surface area contributed by atoms with Crippen LogP contribution in [0.3, 0.4) is 0 Å². The van der Waals surface area contributed by atoms with Crippen molar-refractivity contribution in [2.45, 2.75) is 26.4 Å². The fourth-order valence-electron chi connectivity index (χ4n) is 3.20. The van der Waals surface area contributed by atoms with Crippen molar-refractivity contribution in [2.24, 2.45) is 5.41 Å². The fourth-order valence-corrected chi connectivity index (χ4v) is 3.46. The highest BCUT2D eigenvalue weighted by Gasteiger charge is 2.44. The van der Waals surface area contributed by atoms with E-state index in [2.05, 4.69) is 47.1 Å². The molecule has 2 aromatic carbocycles. The summed E-state index contributed by atoms with van der Waals surface area (Å²) in [7, 11) is 0. The lowest BCUT2D eigenvalue weighted by atomic mass is 9.73. The average molecular weight is 388 g/mol. The highest BCUT2D eigenvalue weighted by Crippen LogP contribution is 2.38. The molecule has 0 atom stereocenters. The first-order valence-corrected chi connectivity index (χ1v) is 9.10. The van der Waals surface area contributed by atoms with Crippen molar-refractivity contribution in [3.05, 3.63) is 70.2 Å². The van der Waals surface area contributed by atoms with E-state index in [1.54, 1.807) is 0 Å². The molecule has 1 fully saturated rings. The second kappa shape index (κ2) is 7.39. The predicted molar refractivity (Wildman–Crippen MR) is 98.8 cm³/mol. The Kier molecular flexibility index (Phi) is 5.24. The summed E-state index contributed by atoms with van der Waals surface area (Å²) in [6.07, 6.45) is 1.85. The Hall–Kier alpha value is -1.81. The first kappa shape index (κ1) is 17.0. The van der Waals surface area contributed by atoms with E-state index < -0.39 is 0 Å². The molecule has 1 saturated heterocycles. The Bertz CT molecular complexity index is 679. The Morgan fingerprint density at radius 3 is 2.38 bits per heavy atom. The second-order valence-electron chi connectivity index (χ2n) is 6.55. The van der Waals surface area contributed by atoms with Gasteiger partial charge in [-0.25, -0.2) is 4.79 Å². The van der Waals surface area contributed by atoms with Gasteiger partial charge in [0.2, 0.25) is 0 Å². The van der Waals surface area contributed by atoms with Crippen LogP contribution in [0.2, 0.25) is 0 Å². The number of benzene rings is 2. The van der Waals surface area contributed by atoms with Crippen LogP contribution in [0.5, 0.6) is 0 Å². The third-order valence-corrected chi connectivity index (χ3v) is 5.29. The Morgan fingerprint density at radius 2 is 1.75 bits per heavy atom. The van der Waals surface area contributed by atoms with Crippen LogP contribution < -0.4 is 0 Å². The molecule has 1 aliphatic heterocycles. The van der Waals surface area contributed by atoms with Gasteiger partial charge in [-0.3, -0.25) is 0 Å². The van der Waals surface area contributed by atoms with Gasteiger partial charge in [0, 0.05) is 23.0 Å². The molecule has 0 aliphatic carbocycles. The SMILES string of the molecule is CCC1(Cc2ccc(Br)cc2)CN(C(=O)OCc2ccccc2)C1. The maximum Gasteiger partial charge on any atom is 0.410 e. The molecule has 1 amide bonds. The molecule has 0 radical (unpaired) electrons. The summed E-state index contributed by atoms with van der Waals surface area (Å²) < 4.78 is 6.51. The first-order chi connectivity index (χ1) is 11.6. The number of hydrogen-bond donors (Lipinski definition) is 0. The van der Waals surface area contributed by atoms with E-state index in [0.717, 1.165) is 36.0 Å². The average Bonchev–Trinajstić information content (AvgIpc) is 2.58. The van der Waals surface area contributed by atoms with Gasteiger partial charge in [-0.2, -0.15) is 0 Å². The van der Waals surface area contributed by atoms with Gasteiger partial charge >= 0.3 is 6.09 Å². The molecular weight excluding hydrogens is 366 g/mol. The van der Waals surface area contributed by atoms with Gasteiger partial charge in [0.05, 0.1) is 0 Å². The maximum atomic E-state index is 12.2. The largest absolute Gasteiger partial charge is 0.445 e. The van der Waals surface area contributed by atoms with Crippen LogP contribution in [0, 0.1) is 5.41 Å². The van der Waals surface area contributed by atoms with Crippen molar-refractivity contribution in [3.63, 3.8) is 0 Å². The lowest BCUT2D eigenvalue weighted by Gasteiger charge is -2.49. The van der Waals surface area contributed by atoms with Crippen molar-refractivity contribution >= 4 is 22.0 Å². The molecule has 3 nitrogen and oxygen atoms in total. The zero-order valence-corrected chi connectivity index (χ0v) is 15.5. The summed E-state index contributed by atoms with van der Waals surface area (Å²) in [6, 6.07) is 18.2. The highest BCUT2D eigenvalue weighted by atomic mass is 79.9. The van der Waals surface area contributed by atoms with Gasteiger partial charge in [0.25, 0.3) is 0 Å². The van der Waals surface area contributed by atoms with Gasteiger partial charge in [-0.1, -0.05) is 65.3 Å². The minimum atomic E-state index is -0.210. The maximum absolute atomic E-state index is 12.2. The number of amides is 1. The molecule has 0 spiro atoms. The van der Waals surface area contributed by atoms with Gasteiger partial charge in [0.1, 0.15) is 6.61 Å². The first-order valence-electron chi connectivity index (χ1n) is 8.30. The Morgan fingerprint density at radius 1 is 1.08 bits per heavy atom. The lowest BCUT2D eigenvalue weighted by molar-refractivity contribution is -0.00829. The topological polar surface area (TPSA) is 29.5 Å². The number of carbonyl (C=O) groups is 1. The minimum Gasteiger partial charge on any atom is -0.445 e. The standard InChI is InChI=1S/C20H22BrNO2/c1-2-20(12-16-8-10-18(21)11-9-16)14-22(15-20)19(23)24-13-17-6-4-3-5-7-17/h3-11H,2,12-15H2,1H3. The van der Waals surface area contributed by atoms with Crippen LogP contribution >= 0.6 is 15.9 Å². The van der Waals surface area contributed by atoms with Crippen LogP contribution in [0.1, 0.15) is 24.5 Å². The van der Waals surface area contributed by atoms with E-state index in [1.165, 1.54) is 5.56 Å². The fraction of sp³-hybridized carbons (Fsp3) is 0.350. The molecule has 0 bridgehead atoms. The zero-order chi connectivity index (χ0) is 17.0. The molecule has 1 heterocycles. The van der Waals surface area contributed by atoms with E-state index in [0.29, 0.717) is 6.61 Å². The van der Waals surface area contributed by atoms with Crippen molar-refractivity contribution in [1.82, 2.24) is 4.90 Å². The smallest absolute Gasteiger partial charge is 0.410 e. The molecular formula is C20H22BrNO2. The Labute approximate surface area is 151 Å². The van der Waals surface area contributed by atoms with E-state index in [1.807, 2.05) is 35.2 Å². The number of carbonyl (C=O) groups excluding carboxylic acids is 1. The van der Waals surface area contributed by atoms with Crippen LogP contribution in [-0.4, -0.2) is 24.1 Å². The summed E-state index contributed by atoms with van der Waals surface area (Å²) >= 11 is 3.47. The summed E-state index contributed by atoms with van der Waals surface area (Å²) in [5, 5.41) is 0. The third kappa shape index (κ3) is 3.99. The van der Waals surface area contributed by atoms with E-state index in [9.17, 15) is 4.79 Å². The zero-order valence-electron chi connectivity index (χ0n) is 13.9. The van der Waals surface area contributed by atoms with Crippen LogP contribution in [0.4, 0.5) is 4.79 Å². The van der Waals surface area contributed by atoms with Crippen LogP contribution in [0.15, 0.2) is 59.1 Å². The molecule has 0 saturated carbocycles. The normalized spacial score (nSPS) is 15.7. The highest BCUT2D eigenvalue weighted by molar-refractivity contribution is 9.10. The molecule has 0 unspecified atom stereocenters. The monoisotopic (exact) mass is 387 g/mol. The van der Waals surface area contributed by atoms with E-state index >= 15 is 0 Å². The molecule has 1 aliphatic rings. The summed E-state index contributed by atoms with van der Waals surface area (Å²) in [5.41, 5.74) is 2.51. The number of hydrogen-bond acceptors (Lipinski definition) is 2. The molecule has 3 rings (SSSR count). The van der Waals surface area contributed by atoms with Crippen molar-refractivity contribution in [1.29, 1.82) is 0 Å². The number of nitrogens with zero attached hydrogens (tertiary/aromatic N) is 1. The van der Waals surface area contributed by atoms with Crippen molar-refractivity contribution < 1.29 is 9.53 Å². The second-order valence-corrected chi connectivity index (χ2v) is 7.47. The molecule has 126 valence electrons. The third-order valence-electron chi connectivity index (χ3n) is 4.76. The van der Waals surface area contributed by atoms with E-state index in [4.69, 9.17) is 4.74 Å². The van der Waals surface area contributed by atoms with E-state index in [-0.39, 0.29) is 11.5 Å². The molecule has 4 heteroatoms.